The molecule has 0 amide bonds. The number of nitrogens with zero attached hydrogens (tertiary/aromatic N) is 2. The maximum absolute atomic E-state index is 5.99. The van der Waals surface area contributed by atoms with Gasteiger partial charge in [-0.15, -0.1) is 11.3 Å². The van der Waals surface area contributed by atoms with Crippen molar-refractivity contribution in [3.8, 4) is 0 Å². The van der Waals surface area contributed by atoms with Crippen molar-refractivity contribution in [3.05, 3.63) is 21.6 Å². The molecule has 0 spiro atoms. The van der Waals surface area contributed by atoms with Crippen LogP contribution < -0.4 is 0 Å². The highest BCUT2D eigenvalue weighted by molar-refractivity contribution is 7.09. The Morgan fingerprint density at radius 1 is 1.23 bits per heavy atom. The molecule has 0 aliphatic heterocycles. The minimum atomic E-state index is 0.323. The van der Waals surface area contributed by atoms with Crippen LogP contribution in [0, 0.1) is 0 Å². The van der Waals surface area contributed by atoms with E-state index in [1.807, 2.05) is 10.8 Å². The van der Waals surface area contributed by atoms with Gasteiger partial charge in [-0.2, -0.15) is 0 Å². The topological polar surface area (TPSA) is 25.8 Å². The van der Waals surface area contributed by atoms with Gasteiger partial charge >= 0.3 is 0 Å². The van der Waals surface area contributed by atoms with Crippen molar-refractivity contribution in [2.45, 2.75) is 19.8 Å². The lowest BCUT2D eigenvalue weighted by Gasteiger charge is -2.05. The zero-order chi connectivity index (χ0) is 9.42. The van der Waals surface area contributed by atoms with Gasteiger partial charge in [-0.05, 0) is 5.92 Å². The van der Waals surface area contributed by atoms with Crippen molar-refractivity contribution in [1.82, 2.24) is 9.97 Å². The molecule has 0 saturated heterocycles. The maximum Gasteiger partial charge on any atom is 0.151 e. The molecule has 4 heteroatoms. The summed E-state index contributed by atoms with van der Waals surface area (Å²) in [4.78, 5) is 8.72. The highest BCUT2D eigenvalue weighted by Crippen LogP contribution is 2.24. The first-order valence-corrected chi connectivity index (χ1v) is 5.40. The fourth-order valence-corrected chi connectivity index (χ4v) is 2.18. The number of fused-ring (bicyclic) bond motifs is 1. The van der Waals surface area contributed by atoms with E-state index in [4.69, 9.17) is 11.6 Å². The Labute approximate surface area is 85.6 Å². The predicted molar refractivity (Wildman–Crippen MR) is 56.5 cm³/mol. The standard InChI is InChI=1S/C9H9ClN2S/c1-5(2)8-9(10)12-7-4-13-3-6(7)11-8/h3-5H,1-2H3. The van der Waals surface area contributed by atoms with Crippen LogP contribution in [0.5, 0.6) is 0 Å². The van der Waals surface area contributed by atoms with Gasteiger partial charge in [0, 0.05) is 10.8 Å². The van der Waals surface area contributed by atoms with Crippen molar-refractivity contribution < 1.29 is 0 Å². The summed E-state index contributed by atoms with van der Waals surface area (Å²) < 4.78 is 0. The van der Waals surface area contributed by atoms with Gasteiger partial charge in [0.2, 0.25) is 0 Å². The molecule has 68 valence electrons. The Hall–Kier alpha value is -0.670. The van der Waals surface area contributed by atoms with Crippen LogP contribution in [0.4, 0.5) is 0 Å². The second kappa shape index (κ2) is 3.24. The Morgan fingerprint density at radius 3 is 2.46 bits per heavy atom. The van der Waals surface area contributed by atoms with E-state index in [9.17, 15) is 0 Å². The minimum absolute atomic E-state index is 0.323. The highest BCUT2D eigenvalue weighted by Gasteiger charge is 2.10. The average molecular weight is 213 g/mol. The van der Waals surface area contributed by atoms with E-state index in [1.165, 1.54) is 0 Å². The first-order valence-electron chi connectivity index (χ1n) is 4.08. The van der Waals surface area contributed by atoms with Crippen LogP contribution in [0.15, 0.2) is 10.8 Å². The summed E-state index contributed by atoms with van der Waals surface area (Å²) in [5.74, 6) is 0.323. The van der Waals surface area contributed by atoms with Crippen LogP contribution >= 0.6 is 22.9 Å². The van der Waals surface area contributed by atoms with E-state index in [1.54, 1.807) is 11.3 Å². The van der Waals surface area contributed by atoms with Gasteiger partial charge in [0.25, 0.3) is 0 Å². The Kier molecular flexibility index (Phi) is 2.22. The Bertz CT molecular complexity index is 436. The van der Waals surface area contributed by atoms with Crippen LogP contribution in [-0.2, 0) is 0 Å². The number of hydrogen-bond donors (Lipinski definition) is 0. The number of aromatic nitrogens is 2. The molecule has 13 heavy (non-hydrogen) atoms. The second-order valence-corrected chi connectivity index (χ2v) is 4.30. The van der Waals surface area contributed by atoms with Crippen LogP contribution in [0.25, 0.3) is 11.0 Å². The fourth-order valence-electron chi connectivity index (χ4n) is 1.16. The lowest BCUT2D eigenvalue weighted by molar-refractivity contribution is 0.823. The quantitative estimate of drug-likeness (QED) is 0.724. The van der Waals surface area contributed by atoms with Gasteiger partial charge in [-0.3, -0.25) is 0 Å². The molecule has 0 N–H and O–H groups in total. The van der Waals surface area contributed by atoms with E-state index in [0.717, 1.165) is 16.7 Å². The maximum atomic E-state index is 5.99. The molecule has 2 rings (SSSR count). The largest absolute Gasteiger partial charge is 0.247 e. The SMILES string of the molecule is CC(C)c1nc2cscc2nc1Cl. The van der Waals surface area contributed by atoms with Gasteiger partial charge in [0.15, 0.2) is 5.15 Å². The summed E-state index contributed by atoms with van der Waals surface area (Å²) in [6.07, 6.45) is 0. The van der Waals surface area contributed by atoms with Gasteiger partial charge in [0.1, 0.15) is 5.52 Å². The number of thiophene rings is 1. The van der Waals surface area contributed by atoms with Gasteiger partial charge in [-0.25, -0.2) is 9.97 Å². The molecule has 0 unspecified atom stereocenters. The molecular formula is C9H9ClN2S. The van der Waals surface area contributed by atoms with E-state index in [0.29, 0.717) is 11.1 Å². The van der Waals surface area contributed by atoms with Crippen LogP contribution in [0.1, 0.15) is 25.5 Å². The van der Waals surface area contributed by atoms with Crippen LogP contribution in [0.2, 0.25) is 5.15 Å². The molecular weight excluding hydrogens is 204 g/mol. The Morgan fingerprint density at radius 2 is 1.85 bits per heavy atom. The minimum Gasteiger partial charge on any atom is -0.247 e. The van der Waals surface area contributed by atoms with Crippen molar-refractivity contribution >= 4 is 34.0 Å². The Balaban J connectivity index is 2.69. The molecule has 0 fully saturated rings. The lowest BCUT2D eigenvalue weighted by Crippen LogP contribution is -1.95. The zero-order valence-electron chi connectivity index (χ0n) is 7.41. The summed E-state index contributed by atoms with van der Waals surface area (Å²) in [5, 5.41) is 4.48. The average Bonchev–Trinajstić information content (AvgIpc) is 2.48. The molecule has 0 saturated carbocycles. The number of halogens is 1. The van der Waals surface area contributed by atoms with E-state index in [2.05, 4.69) is 23.8 Å². The molecule has 0 atom stereocenters. The van der Waals surface area contributed by atoms with Crippen molar-refractivity contribution in [2.24, 2.45) is 0 Å². The summed E-state index contributed by atoms with van der Waals surface area (Å²) in [7, 11) is 0. The van der Waals surface area contributed by atoms with E-state index >= 15 is 0 Å². The summed E-state index contributed by atoms with van der Waals surface area (Å²) >= 11 is 7.58. The fraction of sp³-hybridized carbons (Fsp3) is 0.333. The molecule has 0 aliphatic carbocycles. The summed E-state index contributed by atoms with van der Waals surface area (Å²) in [6.45, 7) is 4.13. The molecule has 0 aliphatic rings. The monoisotopic (exact) mass is 212 g/mol. The summed E-state index contributed by atoms with van der Waals surface area (Å²) in [5.41, 5.74) is 2.71. The highest BCUT2D eigenvalue weighted by atomic mass is 35.5. The molecule has 0 aromatic carbocycles. The van der Waals surface area contributed by atoms with Gasteiger partial charge < -0.3 is 0 Å². The third-order valence-electron chi connectivity index (χ3n) is 1.84. The number of rotatable bonds is 1. The lowest BCUT2D eigenvalue weighted by atomic mass is 10.1. The van der Waals surface area contributed by atoms with Gasteiger partial charge in [-0.1, -0.05) is 25.4 Å². The summed E-state index contributed by atoms with van der Waals surface area (Å²) in [6, 6.07) is 0. The first-order chi connectivity index (χ1) is 6.18. The molecule has 2 aromatic heterocycles. The van der Waals surface area contributed by atoms with Crippen molar-refractivity contribution in [2.75, 3.05) is 0 Å². The third-order valence-corrected chi connectivity index (χ3v) is 2.84. The van der Waals surface area contributed by atoms with Crippen molar-refractivity contribution in [1.29, 1.82) is 0 Å². The molecule has 2 nitrogen and oxygen atoms in total. The molecule has 0 bridgehead atoms. The zero-order valence-corrected chi connectivity index (χ0v) is 8.99. The van der Waals surface area contributed by atoms with E-state index in [-0.39, 0.29) is 0 Å². The van der Waals surface area contributed by atoms with Crippen LogP contribution in [-0.4, -0.2) is 9.97 Å². The predicted octanol–water partition coefficient (Wildman–Crippen LogP) is 3.47. The molecule has 2 heterocycles. The van der Waals surface area contributed by atoms with Crippen molar-refractivity contribution in [3.63, 3.8) is 0 Å². The van der Waals surface area contributed by atoms with Gasteiger partial charge in [0.05, 0.1) is 11.2 Å². The smallest absolute Gasteiger partial charge is 0.151 e. The number of hydrogen-bond acceptors (Lipinski definition) is 3. The second-order valence-electron chi connectivity index (χ2n) is 3.20. The molecule has 0 radical (unpaired) electrons. The van der Waals surface area contributed by atoms with Crippen LogP contribution in [0.3, 0.4) is 0 Å². The third kappa shape index (κ3) is 1.54. The normalized spacial score (nSPS) is 11.4. The first kappa shape index (κ1) is 8.91. The van der Waals surface area contributed by atoms with E-state index < -0.39 is 0 Å². The molecule has 2 aromatic rings.